The lowest BCUT2D eigenvalue weighted by Crippen LogP contribution is -2.42. The van der Waals surface area contributed by atoms with Gasteiger partial charge >= 0.3 is 10.2 Å². The molecule has 1 saturated heterocycles. The van der Waals surface area contributed by atoms with Gasteiger partial charge < -0.3 is 5.73 Å². The Morgan fingerprint density at radius 1 is 1.40 bits per heavy atom. The van der Waals surface area contributed by atoms with Crippen molar-refractivity contribution in [3.63, 3.8) is 0 Å². The zero-order valence-corrected chi connectivity index (χ0v) is 13.9. The monoisotopic (exact) mass is 361 g/mol. The Morgan fingerprint density at radius 3 is 2.65 bits per heavy atom. The Hall–Kier alpha value is -0.630. The Kier molecular flexibility index (Phi) is 5.06. The molecule has 0 aliphatic carbocycles. The molecule has 5 nitrogen and oxygen atoms in total. The molecule has 0 spiro atoms. The SMILES string of the molecule is Cc1c(Br)cccc1NS(=O)(=O)N1CCC(CN)CC1. The maximum absolute atomic E-state index is 12.4. The summed E-state index contributed by atoms with van der Waals surface area (Å²) in [5.74, 6) is 0.439. The molecule has 1 aliphatic heterocycles. The molecule has 1 heterocycles. The van der Waals surface area contributed by atoms with Gasteiger partial charge in [0.25, 0.3) is 0 Å². The van der Waals surface area contributed by atoms with Gasteiger partial charge in [0.1, 0.15) is 0 Å². The average molecular weight is 362 g/mol. The second-order valence-corrected chi connectivity index (χ2v) is 7.62. The number of hydrogen-bond acceptors (Lipinski definition) is 3. The maximum atomic E-state index is 12.4. The number of hydrogen-bond donors (Lipinski definition) is 2. The van der Waals surface area contributed by atoms with Crippen molar-refractivity contribution in [3.8, 4) is 0 Å². The van der Waals surface area contributed by atoms with Crippen molar-refractivity contribution in [1.82, 2.24) is 4.31 Å². The van der Waals surface area contributed by atoms with E-state index in [2.05, 4.69) is 20.7 Å². The highest BCUT2D eigenvalue weighted by Gasteiger charge is 2.27. The van der Waals surface area contributed by atoms with Crippen molar-refractivity contribution in [1.29, 1.82) is 0 Å². The number of benzene rings is 1. The number of anilines is 1. The van der Waals surface area contributed by atoms with E-state index in [1.54, 1.807) is 6.07 Å². The first kappa shape index (κ1) is 15.8. The quantitative estimate of drug-likeness (QED) is 0.861. The van der Waals surface area contributed by atoms with E-state index in [1.807, 2.05) is 19.1 Å². The van der Waals surface area contributed by atoms with Crippen molar-refractivity contribution in [2.45, 2.75) is 19.8 Å². The summed E-state index contributed by atoms with van der Waals surface area (Å²) in [6.45, 7) is 3.57. The predicted octanol–water partition coefficient (Wildman–Crippen LogP) is 2.08. The first-order chi connectivity index (χ1) is 9.44. The van der Waals surface area contributed by atoms with Crippen LogP contribution in [0.25, 0.3) is 0 Å². The summed E-state index contributed by atoms with van der Waals surface area (Å²) in [5.41, 5.74) is 7.12. The maximum Gasteiger partial charge on any atom is 0.301 e. The predicted molar refractivity (Wildman–Crippen MR) is 84.8 cm³/mol. The second-order valence-electron chi connectivity index (χ2n) is 5.10. The number of nitrogens with zero attached hydrogens (tertiary/aromatic N) is 1. The highest BCUT2D eigenvalue weighted by molar-refractivity contribution is 9.10. The topological polar surface area (TPSA) is 75.4 Å². The average Bonchev–Trinajstić information content (AvgIpc) is 2.44. The third-order valence-corrected chi connectivity index (χ3v) is 6.14. The standard InChI is InChI=1S/C13H20BrN3O2S/c1-10-12(14)3-2-4-13(10)16-20(18,19)17-7-5-11(9-15)6-8-17/h2-4,11,16H,5-9,15H2,1H3. The summed E-state index contributed by atoms with van der Waals surface area (Å²) in [4.78, 5) is 0. The van der Waals surface area contributed by atoms with Gasteiger partial charge in [-0.3, -0.25) is 4.72 Å². The Bertz CT molecular complexity index is 569. The normalized spacial score (nSPS) is 18.1. The molecule has 0 amide bonds. The minimum absolute atomic E-state index is 0.439. The first-order valence-corrected chi connectivity index (χ1v) is 8.90. The fourth-order valence-corrected chi connectivity index (χ4v) is 3.99. The van der Waals surface area contributed by atoms with E-state index in [0.717, 1.165) is 22.9 Å². The molecule has 1 aliphatic rings. The molecule has 0 unspecified atom stereocenters. The molecule has 1 fully saturated rings. The van der Waals surface area contributed by atoms with Crippen LogP contribution in [-0.2, 0) is 10.2 Å². The van der Waals surface area contributed by atoms with Crippen LogP contribution >= 0.6 is 15.9 Å². The van der Waals surface area contributed by atoms with Crippen LogP contribution in [0, 0.1) is 12.8 Å². The van der Waals surface area contributed by atoms with Crippen LogP contribution in [0.3, 0.4) is 0 Å². The Morgan fingerprint density at radius 2 is 2.05 bits per heavy atom. The molecule has 0 bridgehead atoms. The van der Waals surface area contributed by atoms with Gasteiger partial charge in [-0.2, -0.15) is 12.7 Å². The molecule has 20 heavy (non-hydrogen) atoms. The van der Waals surface area contributed by atoms with Crippen LogP contribution in [0.5, 0.6) is 0 Å². The molecule has 0 radical (unpaired) electrons. The van der Waals surface area contributed by atoms with Crippen LogP contribution in [0.4, 0.5) is 5.69 Å². The van der Waals surface area contributed by atoms with Crippen LogP contribution < -0.4 is 10.5 Å². The molecule has 1 aromatic carbocycles. The highest BCUT2D eigenvalue weighted by atomic mass is 79.9. The van der Waals surface area contributed by atoms with Crippen molar-refractivity contribution in [3.05, 3.63) is 28.2 Å². The summed E-state index contributed by atoms with van der Waals surface area (Å²) in [6, 6.07) is 5.47. The minimum atomic E-state index is -3.49. The first-order valence-electron chi connectivity index (χ1n) is 6.67. The van der Waals surface area contributed by atoms with E-state index in [-0.39, 0.29) is 0 Å². The Labute approximate surface area is 128 Å². The smallest absolute Gasteiger partial charge is 0.301 e. The molecule has 7 heteroatoms. The van der Waals surface area contributed by atoms with E-state index in [1.165, 1.54) is 4.31 Å². The number of halogens is 1. The van der Waals surface area contributed by atoms with Gasteiger partial charge in [0.2, 0.25) is 0 Å². The van der Waals surface area contributed by atoms with Crippen LogP contribution in [0.1, 0.15) is 18.4 Å². The number of nitrogens with one attached hydrogen (secondary N) is 1. The van der Waals surface area contributed by atoms with E-state index in [9.17, 15) is 8.42 Å². The third kappa shape index (κ3) is 3.52. The molecule has 0 aromatic heterocycles. The molecule has 112 valence electrons. The zero-order chi connectivity index (χ0) is 14.8. The van der Waals surface area contributed by atoms with Gasteiger partial charge in [-0.1, -0.05) is 22.0 Å². The van der Waals surface area contributed by atoms with Gasteiger partial charge in [-0.15, -0.1) is 0 Å². The van der Waals surface area contributed by atoms with Gasteiger partial charge in [0, 0.05) is 17.6 Å². The highest BCUT2D eigenvalue weighted by Crippen LogP contribution is 2.26. The van der Waals surface area contributed by atoms with Gasteiger partial charge in [0.15, 0.2) is 0 Å². The molecule has 3 N–H and O–H groups in total. The summed E-state index contributed by atoms with van der Waals surface area (Å²) in [6.07, 6.45) is 1.66. The fraction of sp³-hybridized carbons (Fsp3) is 0.538. The molecular weight excluding hydrogens is 342 g/mol. The third-order valence-electron chi connectivity index (χ3n) is 3.75. The van der Waals surface area contributed by atoms with E-state index in [4.69, 9.17) is 5.73 Å². The number of piperidine rings is 1. The number of rotatable bonds is 4. The van der Waals surface area contributed by atoms with Crippen LogP contribution in [-0.4, -0.2) is 32.4 Å². The van der Waals surface area contributed by atoms with Gasteiger partial charge in [-0.25, -0.2) is 0 Å². The fourth-order valence-electron chi connectivity index (χ4n) is 2.31. The summed E-state index contributed by atoms with van der Waals surface area (Å²) < 4.78 is 29.8. The van der Waals surface area contributed by atoms with Gasteiger partial charge in [-0.05, 0) is 49.9 Å². The van der Waals surface area contributed by atoms with Gasteiger partial charge in [0.05, 0.1) is 5.69 Å². The van der Waals surface area contributed by atoms with Crippen LogP contribution in [0.15, 0.2) is 22.7 Å². The lowest BCUT2D eigenvalue weighted by molar-refractivity contribution is 0.280. The molecule has 2 rings (SSSR count). The van der Waals surface area contributed by atoms with Crippen molar-refractivity contribution in [2.24, 2.45) is 11.7 Å². The van der Waals surface area contributed by atoms with E-state index < -0.39 is 10.2 Å². The lowest BCUT2D eigenvalue weighted by atomic mass is 9.99. The van der Waals surface area contributed by atoms with Crippen molar-refractivity contribution in [2.75, 3.05) is 24.4 Å². The molecular formula is C13H20BrN3O2S. The van der Waals surface area contributed by atoms with Crippen molar-refractivity contribution >= 4 is 31.8 Å². The molecule has 1 aromatic rings. The van der Waals surface area contributed by atoms with Crippen molar-refractivity contribution < 1.29 is 8.42 Å². The second kappa shape index (κ2) is 6.43. The Balaban J connectivity index is 2.10. The molecule has 0 atom stereocenters. The zero-order valence-electron chi connectivity index (χ0n) is 11.5. The van der Waals surface area contributed by atoms with E-state index >= 15 is 0 Å². The largest absolute Gasteiger partial charge is 0.330 e. The minimum Gasteiger partial charge on any atom is -0.330 e. The lowest BCUT2D eigenvalue weighted by Gasteiger charge is -2.30. The summed E-state index contributed by atoms with van der Waals surface area (Å²) in [5, 5.41) is 0. The molecule has 0 saturated carbocycles. The summed E-state index contributed by atoms with van der Waals surface area (Å²) in [7, 11) is -3.49. The summed E-state index contributed by atoms with van der Waals surface area (Å²) >= 11 is 3.40. The number of nitrogens with two attached hydrogens (primary N) is 1. The van der Waals surface area contributed by atoms with Crippen LogP contribution in [0.2, 0.25) is 0 Å². The van der Waals surface area contributed by atoms with E-state index in [0.29, 0.717) is 31.2 Å².